The van der Waals surface area contributed by atoms with Gasteiger partial charge in [0.15, 0.2) is 0 Å². The van der Waals surface area contributed by atoms with Crippen molar-refractivity contribution >= 4 is 11.6 Å². The van der Waals surface area contributed by atoms with Gasteiger partial charge >= 0.3 is 0 Å². The Labute approximate surface area is 58.0 Å². The van der Waals surface area contributed by atoms with Crippen molar-refractivity contribution in [3.8, 4) is 0 Å². The first kappa shape index (κ1) is 6.62. The summed E-state index contributed by atoms with van der Waals surface area (Å²) in [7, 11) is 0. The van der Waals surface area contributed by atoms with Gasteiger partial charge in [-0.2, -0.15) is 0 Å². The second-order valence-electron chi connectivity index (χ2n) is 1.96. The Bertz CT molecular complexity index is 174. The first-order valence-corrected chi connectivity index (χ1v) is 3.04. The molecule has 1 unspecified atom stereocenters. The van der Waals surface area contributed by atoms with Crippen molar-refractivity contribution in [2.75, 3.05) is 0 Å². The molecule has 0 saturated carbocycles. The van der Waals surface area contributed by atoms with E-state index in [-0.39, 0.29) is 11.5 Å². The van der Waals surface area contributed by atoms with Crippen LogP contribution in [0.3, 0.4) is 0 Å². The Morgan fingerprint density at radius 1 is 1.67 bits per heavy atom. The van der Waals surface area contributed by atoms with E-state index in [0.717, 1.165) is 0 Å². The lowest BCUT2D eigenvalue weighted by molar-refractivity contribution is 0.387. The quantitative estimate of drug-likeness (QED) is 0.555. The molecule has 0 fully saturated rings. The highest BCUT2D eigenvalue weighted by Gasteiger charge is 2.14. The molecule has 1 atom stereocenters. The molecule has 50 valence electrons. The third kappa shape index (κ3) is 1.45. The molecular formula is C6H7ClFN. The minimum atomic E-state index is -1.09. The standard InChI is InChI=1S/C6H7ClFN/c7-5-2-1-4(9)3-6(5)8/h1-2,6H,3,9H2. The van der Waals surface area contributed by atoms with E-state index < -0.39 is 6.17 Å². The second-order valence-corrected chi connectivity index (χ2v) is 2.40. The van der Waals surface area contributed by atoms with Gasteiger partial charge in [-0.1, -0.05) is 11.6 Å². The maximum atomic E-state index is 12.5. The van der Waals surface area contributed by atoms with Gasteiger partial charge in [-0.15, -0.1) is 0 Å². The maximum absolute atomic E-state index is 12.5. The van der Waals surface area contributed by atoms with E-state index in [9.17, 15) is 4.39 Å². The number of alkyl halides is 1. The molecule has 3 heteroatoms. The van der Waals surface area contributed by atoms with Crippen LogP contribution >= 0.6 is 11.6 Å². The van der Waals surface area contributed by atoms with Gasteiger partial charge in [0.25, 0.3) is 0 Å². The van der Waals surface area contributed by atoms with Crippen molar-refractivity contribution in [3.63, 3.8) is 0 Å². The zero-order chi connectivity index (χ0) is 6.85. The van der Waals surface area contributed by atoms with E-state index in [1.807, 2.05) is 0 Å². The minimum Gasteiger partial charge on any atom is -0.402 e. The van der Waals surface area contributed by atoms with Crippen molar-refractivity contribution in [1.82, 2.24) is 0 Å². The Morgan fingerprint density at radius 3 is 2.78 bits per heavy atom. The number of hydrogen-bond donors (Lipinski definition) is 1. The first-order valence-electron chi connectivity index (χ1n) is 2.66. The van der Waals surface area contributed by atoms with Gasteiger partial charge in [-0.25, -0.2) is 4.39 Å². The van der Waals surface area contributed by atoms with E-state index in [1.165, 1.54) is 6.08 Å². The average Bonchev–Trinajstić information content (AvgIpc) is 1.80. The summed E-state index contributed by atoms with van der Waals surface area (Å²) in [6.45, 7) is 0. The molecule has 0 aromatic rings. The highest BCUT2D eigenvalue weighted by Crippen LogP contribution is 2.21. The van der Waals surface area contributed by atoms with Crippen LogP contribution in [0.2, 0.25) is 0 Å². The van der Waals surface area contributed by atoms with E-state index >= 15 is 0 Å². The van der Waals surface area contributed by atoms with Gasteiger partial charge in [-0.3, -0.25) is 0 Å². The summed E-state index contributed by atoms with van der Waals surface area (Å²) < 4.78 is 12.5. The average molecular weight is 148 g/mol. The lowest BCUT2D eigenvalue weighted by Crippen LogP contribution is -2.10. The summed E-state index contributed by atoms with van der Waals surface area (Å²) in [5.41, 5.74) is 5.85. The molecule has 1 aliphatic rings. The number of rotatable bonds is 0. The van der Waals surface area contributed by atoms with E-state index in [4.69, 9.17) is 17.3 Å². The zero-order valence-electron chi connectivity index (χ0n) is 4.77. The van der Waals surface area contributed by atoms with E-state index in [2.05, 4.69) is 0 Å². The molecule has 0 heterocycles. The van der Waals surface area contributed by atoms with Crippen LogP contribution in [0.15, 0.2) is 22.9 Å². The highest BCUT2D eigenvalue weighted by molar-refractivity contribution is 6.30. The SMILES string of the molecule is NC1=CC=C(Cl)C(F)C1. The van der Waals surface area contributed by atoms with Crippen molar-refractivity contribution in [3.05, 3.63) is 22.9 Å². The normalized spacial score (nSPS) is 27.1. The fourth-order valence-electron chi connectivity index (χ4n) is 0.664. The number of halogens is 2. The highest BCUT2D eigenvalue weighted by atomic mass is 35.5. The van der Waals surface area contributed by atoms with Crippen LogP contribution in [-0.4, -0.2) is 6.17 Å². The molecule has 9 heavy (non-hydrogen) atoms. The molecule has 0 radical (unpaired) electrons. The largest absolute Gasteiger partial charge is 0.402 e. The minimum absolute atomic E-state index is 0.231. The molecular weight excluding hydrogens is 141 g/mol. The summed E-state index contributed by atoms with van der Waals surface area (Å²) in [4.78, 5) is 0. The molecule has 0 amide bonds. The number of hydrogen-bond acceptors (Lipinski definition) is 1. The first-order chi connectivity index (χ1) is 4.20. The summed E-state index contributed by atoms with van der Waals surface area (Å²) in [6.07, 6.45) is 2.26. The molecule has 0 aromatic heterocycles. The maximum Gasteiger partial charge on any atom is 0.141 e. The van der Waals surface area contributed by atoms with Crippen molar-refractivity contribution in [2.24, 2.45) is 5.73 Å². The van der Waals surface area contributed by atoms with Crippen molar-refractivity contribution < 1.29 is 4.39 Å². The molecule has 1 aliphatic carbocycles. The smallest absolute Gasteiger partial charge is 0.141 e. The van der Waals surface area contributed by atoms with Crippen LogP contribution in [0.1, 0.15) is 6.42 Å². The van der Waals surface area contributed by atoms with E-state index in [1.54, 1.807) is 6.08 Å². The lowest BCUT2D eigenvalue weighted by atomic mass is 10.1. The number of nitrogens with two attached hydrogens (primary N) is 1. The van der Waals surface area contributed by atoms with Crippen LogP contribution in [0.4, 0.5) is 4.39 Å². The van der Waals surface area contributed by atoms with Crippen molar-refractivity contribution in [1.29, 1.82) is 0 Å². The van der Waals surface area contributed by atoms with Gasteiger partial charge in [0.1, 0.15) is 6.17 Å². The fraction of sp³-hybridized carbons (Fsp3) is 0.333. The van der Waals surface area contributed by atoms with E-state index in [0.29, 0.717) is 5.70 Å². The van der Waals surface area contributed by atoms with Crippen LogP contribution in [0.25, 0.3) is 0 Å². The van der Waals surface area contributed by atoms with Crippen molar-refractivity contribution in [2.45, 2.75) is 12.6 Å². The molecule has 1 nitrogen and oxygen atoms in total. The predicted octanol–water partition coefficient (Wildman–Crippen LogP) is 1.69. The van der Waals surface area contributed by atoms with Gasteiger partial charge in [0, 0.05) is 12.1 Å². The Hall–Kier alpha value is -0.500. The van der Waals surface area contributed by atoms with Crippen LogP contribution in [-0.2, 0) is 0 Å². The third-order valence-electron chi connectivity index (χ3n) is 1.17. The molecule has 0 spiro atoms. The summed E-state index contributed by atoms with van der Waals surface area (Å²) >= 11 is 5.42. The Morgan fingerprint density at radius 2 is 2.33 bits per heavy atom. The van der Waals surface area contributed by atoms with Gasteiger partial charge in [0.2, 0.25) is 0 Å². The van der Waals surface area contributed by atoms with Crippen LogP contribution in [0, 0.1) is 0 Å². The second kappa shape index (κ2) is 2.40. The van der Waals surface area contributed by atoms with Gasteiger partial charge < -0.3 is 5.73 Å². The number of allylic oxidation sites excluding steroid dienone is 4. The molecule has 2 N–H and O–H groups in total. The summed E-state index contributed by atoms with van der Waals surface area (Å²) in [6, 6.07) is 0. The summed E-state index contributed by atoms with van der Waals surface area (Å²) in [5.74, 6) is 0. The third-order valence-corrected chi connectivity index (χ3v) is 1.53. The lowest BCUT2D eigenvalue weighted by Gasteiger charge is -2.10. The molecule has 0 bridgehead atoms. The molecule has 0 aliphatic heterocycles. The molecule has 0 aromatic carbocycles. The monoisotopic (exact) mass is 147 g/mol. The molecule has 1 rings (SSSR count). The van der Waals surface area contributed by atoms with Crippen LogP contribution < -0.4 is 5.73 Å². The van der Waals surface area contributed by atoms with Crippen LogP contribution in [0.5, 0.6) is 0 Å². The Kier molecular flexibility index (Phi) is 1.76. The van der Waals surface area contributed by atoms with Gasteiger partial charge in [-0.05, 0) is 12.2 Å². The fourth-order valence-corrected chi connectivity index (χ4v) is 0.804. The topological polar surface area (TPSA) is 26.0 Å². The van der Waals surface area contributed by atoms with Gasteiger partial charge in [0.05, 0.1) is 5.03 Å². The predicted molar refractivity (Wildman–Crippen MR) is 35.7 cm³/mol. The zero-order valence-corrected chi connectivity index (χ0v) is 5.53. The Balaban J connectivity index is 2.74. The molecule has 0 saturated heterocycles. The summed E-state index contributed by atoms with van der Waals surface area (Å²) in [5, 5.41) is 0.240.